The quantitative estimate of drug-likeness (QED) is 0.449. The van der Waals surface area contributed by atoms with Crippen LogP contribution < -0.4 is 5.32 Å². The van der Waals surface area contributed by atoms with Gasteiger partial charge in [0.1, 0.15) is 0 Å². The number of hydrogen-bond donors (Lipinski definition) is 1. The van der Waals surface area contributed by atoms with Gasteiger partial charge in [-0.2, -0.15) is 0 Å². The van der Waals surface area contributed by atoms with Gasteiger partial charge in [0.15, 0.2) is 0 Å². The lowest BCUT2D eigenvalue weighted by molar-refractivity contribution is 0.303. The molecule has 0 saturated carbocycles. The monoisotopic (exact) mass is 270 g/mol. The smallest absolute Gasteiger partial charge is 0.0565 e. The molecule has 0 aliphatic rings. The SMILES string of the molecule is CCN(CC)CCNC(C)I. The van der Waals surface area contributed by atoms with Crippen LogP contribution in [0.2, 0.25) is 0 Å². The molecule has 0 aromatic heterocycles. The molecular formula is C8H19IN2. The minimum Gasteiger partial charge on any atom is -0.304 e. The highest BCUT2D eigenvalue weighted by molar-refractivity contribution is 14.1. The van der Waals surface area contributed by atoms with Gasteiger partial charge in [-0.05, 0) is 20.0 Å². The molecule has 0 fully saturated rings. The van der Waals surface area contributed by atoms with Crippen molar-refractivity contribution >= 4 is 22.6 Å². The molecule has 2 nitrogen and oxygen atoms in total. The zero-order valence-electron chi connectivity index (χ0n) is 7.73. The molecule has 3 heteroatoms. The Morgan fingerprint density at radius 2 is 1.91 bits per heavy atom. The highest BCUT2D eigenvalue weighted by Crippen LogP contribution is 1.92. The molecule has 0 aromatic rings. The van der Waals surface area contributed by atoms with Gasteiger partial charge < -0.3 is 10.2 Å². The van der Waals surface area contributed by atoms with Gasteiger partial charge in [0.25, 0.3) is 0 Å². The van der Waals surface area contributed by atoms with Crippen molar-refractivity contribution in [1.82, 2.24) is 10.2 Å². The second-order valence-electron chi connectivity index (χ2n) is 2.60. The van der Waals surface area contributed by atoms with Crippen LogP contribution in [0.4, 0.5) is 0 Å². The Morgan fingerprint density at radius 3 is 2.27 bits per heavy atom. The summed E-state index contributed by atoms with van der Waals surface area (Å²) in [4.78, 5) is 2.42. The number of nitrogens with one attached hydrogen (secondary N) is 1. The third kappa shape index (κ3) is 7.03. The number of likely N-dealkylation sites (N-methyl/N-ethyl adjacent to an activating group) is 1. The van der Waals surface area contributed by atoms with Crippen LogP contribution in [-0.2, 0) is 0 Å². The van der Waals surface area contributed by atoms with Crippen molar-refractivity contribution in [2.24, 2.45) is 0 Å². The van der Waals surface area contributed by atoms with Crippen molar-refractivity contribution in [2.75, 3.05) is 26.2 Å². The van der Waals surface area contributed by atoms with Gasteiger partial charge in [-0.1, -0.05) is 36.4 Å². The van der Waals surface area contributed by atoms with Crippen LogP contribution in [0.3, 0.4) is 0 Å². The maximum absolute atomic E-state index is 3.39. The van der Waals surface area contributed by atoms with Crippen molar-refractivity contribution in [2.45, 2.75) is 24.8 Å². The van der Waals surface area contributed by atoms with Gasteiger partial charge in [0.05, 0.1) is 4.05 Å². The van der Waals surface area contributed by atoms with Gasteiger partial charge in [0, 0.05) is 13.1 Å². The molecule has 0 radical (unpaired) electrons. The summed E-state index contributed by atoms with van der Waals surface area (Å²) in [6.07, 6.45) is 0. The Hall–Kier alpha value is 0.650. The molecule has 0 bridgehead atoms. The zero-order valence-corrected chi connectivity index (χ0v) is 9.89. The second kappa shape index (κ2) is 7.31. The maximum atomic E-state index is 3.39. The van der Waals surface area contributed by atoms with E-state index in [9.17, 15) is 0 Å². The van der Waals surface area contributed by atoms with E-state index in [0.29, 0.717) is 4.05 Å². The Bertz CT molecular complexity index is 82.2. The van der Waals surface area contributed by atoms with Crippen LogP contribution in [-0.4, -0.2) is 35.1 Å². The van der Waals surface area contributed by atoms with E-state index in [1.807, 2.05) is 0 Å². The van der Waals surface area contributed by atoms with E-state index in [1.54, 1.807) is 0 Å². The van der Waals surface area contributed by atoms with E-state index < -0.39 is 0 Å². The molecule has 0 rings (SSSR count). The lowest BCUT2D eigenvalue weighted by Gasteiger charge is -2.18. The first-order chi connectivity index (χ1) is 5.20. The number of halogens is 1. The summed E-state index contributed by atoms with van der Waals surface area (Å²) >= 11 is 2.38. The summed E-state index contributed by atoms with van der Waals surface area (Å²) in [5.41, 5.74) is 0. The molecule has 0 aliphatic heterocycles. The van der Waals surface area contributed by atoms with E-state index in [4.69, 9.17) is 0 Å². The molecule has 0 aromatic carbocycles. The maximum Gasteiger partial charge on any atom is 0.0565 e. The average molecular weight is 270 g/mol. The Balaban J connectivity index is 3.21. The predicted octanol–water partition coefficient (Wildman–Crippen LogP) is 1.70. The molecule has 68 valence electrons. The molecule has 0 heterocycles. The van der Waals surface area contributed by atoms with Gasteiger partial charge in [-0.25, -0.2) is 0 Å². The predicted molar refractivity (Wildman–Crippen MR) is 59.3 cm³/mol. The van der Waals surface area contributed by atoms with Crippen LogP contribution in [0.25, 0.3) is 0 Å². The Kier molecular flexibility index (Phi) is 7.74. The second-order valence-corrected chi connectivity index (χ2v) is 4.47. The third-order valence-electron chi connectivity index (χ3n) is 1.75. The number of nitrogens with zero attached hydrogens (tertiary/aromatic N) is 1. The van der Waals surface area contributed by atoms with E-state index >= 15 is 0 Å². The zero-order chi connectivity index (χ0) is 8.69. The number of alkyl halides is 1. The Morgan fingerprint density at radius 1 is 1.36 bits per heavy atom. The highest BCUT2D eigenvalue weighted by Gasteiger charge is 1.98. The summed E-state index contributed by atoms with van der Waals surface area (Å²) in [7, 11) is 0. The molecule has 11 heavy (non-hydrogen) atoms. The third-order valence-corrected chi connectivity index (χ3v) is 2.19. The first-order valence-corrected chi connectivity index (χ1v) is 5.55. The van der Waals surface area contributed by atoms with Crippen LogP contribution in [0.1, 0.15) is 20.8 Å². The summed E-state index contributed by atoms with van der Waals surface area (Å²) in [6.45, 7) is 11.2. The van der Waals surface area contributed by atoms with Gasteiger partial charge in [0.2, 0.25) is 0 Å². The minimum absolute atomic E-state index is 0.586. The van der Waals surface area contributed by atoms with Crippen LogP contribution in [0.15, 0.2) is 0 Å². The molecule has 0 amide bonds. The van der Waals surface area contributed by atoms with Gasteiger partial charge in [-0.15, -0.1) is 0 Å². The van der Waals surface area contributed by atoms with Crippen molar-refractivity contribution in [3.63, 3.8) is 0 Å². The minimum atomic E-state index is 0.586. The van der Waals surface area contributed by atoms with Gasteiger partial charge in [-0.3, -0.25) is 0 Å². The van der Waals surface area contributed by atoms with E-state index in [0.717, 1.165) is 19.6 Å². The summed E-state index contributed by atoms with van der Waals surface area (Å²) < 4.78 is 0.586. The fourth-order valence-electron chi connectivity index (χ4n) is 0.961. The van der Waals surface area contributed by atoms with Crippen molar-refractivity contribution in [3.8, 4) is 0 Å². The average Bonchev–Trinajstić information content (AvgIpc) is 1.98. The fourth-order valence-corrected chi connectivity index (χ4v) is 1.27. The number of hydrogen-bond acceptors (Lipinski definition) is 2. The van der Waals surface area contributed by atoms with E-state index in [1.165, 1.54) is 6.54 Å². The van der Waals surface area contributed by atoms with E-state index in [-0.39, 0.29) is 0 Å². The molecular weight excluding hydrogens is 251 g/mol. The normalized spacial score (nSPS) is 13.9. The first kappa shape index (κ1) is 11.6. The largest absolute Gasteiger partial charge is 0.304 e. The summed E-state index contributed by atoms with van der Waals surface area (Å²) in [6, 6.07) is 0. The molecule has 0 spiro atoms. The highest BCUT2D eigenvalue weighted by atomic mass is 127. The molecule has 1 N–H and O–H groups in total. The topological polar surface area (TPSA) is 15.3 Å². The van der Waals surface area contributed by atoms with E-state index in [2.05, 4.69) is 53.6 Å². The van der Waals surface area contributed by atoms with Crippen LogP contribution in [0.5, 0.6) is 0 Å². The summed E-state index contributed by atoms with van der Waals surface area (Å²) in [5, 5.41) is 3.39. The molecule has 0 aliphatic carbocycles. The number of rotatable bonds is 6. The summed E-state index contributed by atoms with van der Waals surface area (Å²) in [5.74, 6) is 0. The first-order valence-electron chi connectivity index (χ1n) is 4.30. The fraction of sp³-hybridized carbons (Fsp3) is 1.00. The van der Waals surface area contributed by atoms with Crippen molar-refractivity contribution in [1.29, 1.82) is 0 Å². The van der Waals surface area contributed by atoms with Crippen LogP contribution in [0, 0.1) is 0 Å². The van der Waals surface area contributed by atoms with Crippen LogP contribution >= 0.6 is 22.6 Å². The molecule has 1 atom stereocenters. The lowest BCUT2D eigenvalue weighted by Crippen LogP contribution is -2.33. The standard InChI is InChI=1S/C8H19IN2/c1-4-11(5-2)7-6-10-8(3)9/h8,10H,4-7H2,1-3H3. The lowest BCUT2D eigenvalue weighted by atomic mass is 10.4. The molecule has 1 unspecified atom stereocenters. The molecule has 0 saturated heterocycles. The Labute approximate surface area is 83.9 Å². The van der Waals surface area contributed by atoms with Crippen molar-refractivity contribution in [3.05, 3.63) is 0 Å². The van der Waals surface area contributed by atoms with Crippen molar-refractivity contribution < 1.29 is 0 Å². The van der Waals surface area contributed by atoms with Gasteiger partial charge >= 0.3 is 0 Å².